The number of hydrogen-bond donors (Lipinski definition) is 3. The summed E-state index contributed by atoms with van der Waals surface area (Å²) >= 11 is 0. The van der Waals surface area contributed by atoms with Crippen molar-refractivity contribution in [2.75, 3.05) is 0 Å². The quantitative estimate of drug-likeness (QED) is 0.807. The summed E-state index contributed by atoms with van der Waals surface area (Å²) < 4.78 is 0. The topological polar surface area (TPSA) is 88.9 Å². The van der Waals surface area contributed by atoms with Gasteiger partial charge in [0.25, 0.3) is 5.91 Å². The smallest absolute Gasteiger partial charge is 0.268 e. The lowest BCUT2D eigenvalue weighted by Crippen LogP contribution is -2.41. The molecule has 1 fully saturated rings. The molecule has 0 saturated heterocycles. The number of carbonyl (C=O) groups is 1. The first-order chi connectivity index (χ1) is 10.7. The van der Waals surface area contributed by atoms with Gasteiger partial charge < -0.3 is 15.4 Å². The Kier molecular flexibility index (Phi) is 3.94. The molecule has 1 aromatic carbocycles. The van der Waals surface area contributed by atoms with Crippen molar-refractivity contribution in [2.24, 2.45) is 5.92 Å². The molecule has 0 bridgehead atoms. The van der Waals surface area contributed by atoms with Crippen LogP contribution in [0.4, 0.5) is 0 Å². The van der Waals surface area contributed by atoms with Crippen LogP contribution in [0.5, 0.6) is 0 Å². The van der Waals surface area contributed by atoms with Crippen molar-refractivity contribution in [1.82, 2.24) is 10.3 Å². The molecule has 1 aliphatic carbocycles. The molecule has 5 heteroatoms. The van der Waals surface area contributed by atoms with Gasteiger partial charge in [-0.15, -0.1) is 0 Å². The Morgan fingerprint density at radius 1 is 1.36 bits per heavy atom. The Bertz CT molecular complexity index is 696. The van der Waals surface area contributed by atoms with Crippen LogP contribution in [-0.4, -0.2) is 22.1 Å². The average molecular weight is 295 g/mol. The molecular formula is C17H17N3O2. The van der Waals surface area contributed by atoms with Gasteiger partial charge in [0.2, 0.25) is 0 Å². The van der Waals surface area contributed by atoms with E-state index in [0.29, 0.717) is 24.1 Å². The van der Waals surface area contributed by atoms with Gasteiger partial charge in [0.1, 0.15) is 11.8 Å². The van der Waals surface area contributed by atoms with Crippen LogP contribution in [0, 0.1) is 17.2 Å². The number of nitriles is 1. The van der Waals surface area contributed by atoms with Gasteiger partial charge in [-0.05, 0) is 30.4 Å². The molecule has 0 aliphatic heterocycles. The fraction of sp³-hybridized carbons (Fsp3) is 0.294. The maximum atomic E-state index is 12.4. The normalized spacial score (nSPS) is 21.5. The minimum Gasteiger partial charge on any atom is -0.393 e. The zero-order valence-corrected chi connectivity index (χ0v) is 12.0. The van der Waals surface area contributed by atoms with E-state index in [1.807, 2.05) is 36.4 Å². The zero-order chi connectivity index (χ0) is 15.5. The summed E-state index contributed by atoms with van der Waals surface area (Å²) in [6.45, 7) is 0. The highest BCUT2D eigenvalue weighted by Gasteiger charge is 2.35. The summed E-state index contributed by atoms with van der Waals surface area (Å²) in [4.78, 5) is 15.2. The van der Waals surface area contributed by atoms with Gasteiger partial charge in [-0.3, -0.25) is 4.79 Å². The number of rotatable bonds is 4. The molecule has 1 aromatic heterocycles. The number of aromatic amines is 1. The monoisotopic (exact) mass is 295 g/mol. The molecule has 3 N–H and O–H groups in total. The van der Waals surface area contributed by atoms with Crippen molar-refractivity contribution >= 4 is 5.91 Å². The molecule has 1 heterocycles. The van der Waals surface area contributed by atoms with Gasteiger partial charge in [0, 0.05) is 6.20 Å². The zero-order valence-electron chi connectivity index (χ0n) is 12.0. The second-order valence-electron chi connectivity index (χ2n) is 5.66. The number of aromatic nitrogens is 1. The van der Waals surface area contributed by atoms with Crippen LogP contribution in [0.1, 0.15) is 40.5 Å². The minimum absolute atomic E-state index is 0.133. The molecule has 112 valence electrons. The molecule has 3 rings (SSSR count). The number of nitrogens with one attached hydrogen (secondary N) is 2. The lowest BCUT2D eigenvalue weighted by molar-refractivity contribution is 0.0235. The third-order valence-electron chi connectivity index (χ3n) is 4.12. The Morgan fingerprint density at radius 2 is 2.09 bits per heavy atom. The standard InChI is InChI=1S/C17H17N3O2/c18-9-11-6-15(19-10-11)17(22)20-16(13-7-14(21)8-13)12-4-2-1-3-5-12/h1-6,10,13-14,16,19,21H,7-8H2,(H,20,22)/t13?,14?,16-/m0/s1. The van der Waals surface area contributed by atoms with E-state index < -0.39 is 0 Å². The SMILES string of the molecule is N#Cc1c[nH]c(C(=O)N[C@@H](c2ccccc2)C2CC(O)C2)c1. The van der Waals surface area contributed by atoms with E-state index in [4.69, 9.17) is 5.26 Å². The van der Waals surface area contributed by atoms with E-state index in [2.05, 4.69) is 10.3 Å². The van der Waals surface area contributed by atoms with Gasteiger partial charge in [-0.1, -0.05) is 30.3 Å². The van der Waals surface area contributed by atoms with Crippen molar-refractivity contribution in [3.8, 4) is 6.07 Å². The minimum atomic E-state index is -0.274. The van der Waals surface area contributed by atoms with Crippen molar-refractivity contribution in [2.45, 2.75) is 25.0 Å². The fourth-order valence-electron chi connectivity index (χ4n) is 2.84. The van der Waals surface area contributed by atoms with Crippen LogP contribution < -0.4 is 5.32 Å². The van der Waals surface area contributed by atoms with Crippen LogP contribution in [0.2, 0.25) is 0 Å². The number of aliphatic hydroxyl groups excluding tert-OH is 1. The summed E-state index contributed by atoms with van der Waals surface area (Å²) in [6.07, 6.45) is 2.62. The van der Waals surface area contributed by atoms with Crippen LogP contribution in [0.3, 0.4) is 0 Å². The van der Waals surface area contributed by atoms with E-state index in [1.54, 1.807) is 0 Å². The fourth-order valence-corrected chi connectivity index (χ4v) is 2.84. The van der Waals surface area contributed by atoms with Crippen LogP contribution in [-0.2, 0) is 0 Å². The van der Waals surface area contributed by atoms with E-state index in [9.17, 15) is 9.90 Å². The molecule has 1 amide bonds. The third-order valence-corrected chi connectivity index (χ3v) is 4.12. The number of H-pyrrole nitrogens is 1. The molecule has 1 aliphatic rings. The number of amides is 1. The number of nitrogens with zero attached hydrogens (tertiary/aromatic N) is 1. The lowest BCUT2D eigenvalue weighted by Gasteiger charge is -2.38. The first-order valence-electron chi connectivity index (χ1n) is 7.29. The predicted octanol–water partition coefficient (Wildman–Crippen LogP) is 2.13. The molecule has 1 saturated carbocycles. The molecule has 5 nitrogen and oxygen atoms in total. The second-order valence-corrected chi connectivity index (χ2v) is 5.66. The highest BCUT2D eigenvalue weighted by atomic mass is 16.3. The molecule has 0 unspecified atom stereocenters. The number of benzene rings is 1. The van der Waals surface area contributed by atoms with Crippen molar-refractivity contribution in [3.63, 3.8) is 0 Å². The maximum absolute atomic E-state index is 12.4. The molecule has 22 heavy (non-hydrogen) atoms. The first-order valence-corrected chi connectivity index (χ1v) is 7.29. The number of carbonyl (C=O) groups excluding carboxylic acids is 1. The molecule has 1 atom stereocenters. The van der Waals surface area contributed by atoms with Crippen molar-refractivity contribution < 1.29 is 9.90 Å². The number of hydrogen-bond acceptors (Lipinski definition) is 3. The van der Waals surface area contributed by atoms with Gasteiger partial charge in [0.15, 0.2) is 0 Å². The summed E-state index contributed by atoms with van der Waals surface area (Å²) in [5.41, 5.74) is 1.83. The lowest BCUT2D eigenvalue weighted by atomic mass is 9.75. The predicted molar refractivity (Wildman–Crippen MR) is 80.9 cm³/mol. The van der Waals surface area contributed by atoms with Crippen molar-refractivity contribution in [1.29, 1.82) is 5.26 Å². The summed E-state index contributed by atoms with van der Waals surface area (Å²) in [7, 11) is 0. The average Bonchev–Trinajstić information content (AvgIpc) is 3.00. The maximum Gasteiger partial charge on any atom is 0.268 e. The summed E-state index contributed by atoms with van der Waals surface area (Å²) in [5, 5.41) is 21.4. The van der Waals surface area contributed by atoms with E-state index >= 15 is 0 Å². The van der Waals surface area contributed by atoms with Gasteiger partial charge >= 0.3 is 0 Å². The Hall–Kier alpha value is -2.58. The van der Waals surface area contributed by atoms with Crippen molar-refractivity contribution in [3.05, 3.63) is 59.4 Å². The number of aliphatic hydroxyl groups is 1. The molecular weight excluding hydrogens is 278 g/mol. The Labute approximate surface area is 128 Å². The van der Waals surface area contributed by atoms with E-state index in [0.717, 1.165) is 5.56 Å². The summed E-state index contributed by atoms with van der Waals surface area (Å²) in [6, 6.07) is 13.2. The molecule has 2 aromatic rings. The van der Waals surface area contributed by atoms with Gasteiger partial charge in [-0.2, -0.15) is 5.26 Å². The molecule has 0 radical (unpaired) electrons. The van der Waals surface area contributed by atoms with E-state index in [1.165, 1.54) is 12.3 Å². The Morgan fingerprint density at radius 3 is 2.68 bits per heavy atom. The highest BCUT2D eigenvalue weighted by molar-refractivity contribution is 5.93. The van der Waals surface area contributed by atoms with E-state index in [-0.39, 0.29) is 24.0 Å². The first kappa shape index (κ1) is 14.4. The molecule has 0 spiro atoms. The van der Waals surface area contributed by atoms with Gasteiger partial charge in [-0.25, -0.2) is 0 Å². The van der Waals surface area contributed by atoms with Crippen LogP contribution in [0.25, 0.3) is 0 Å². The Balaban J connectivity index is 1.78. The highest BCUT2D eigenvalue weighted by Crippen LogP contribution is 2.38. The van der Waals surface area contributed by atoms with Gasteiger partial charge in [0.05, 0.1) is 17.7 Å². The van der Waals surface area contributed by atoms with Crippen LogP contribution in [0.15, 0.2) is 42.6 Å². The van der Waals surface area contributed by atoms with Crippen LogP contribution >= 0.6 is 0 Å². The second kappa shape index (κ2) is 6.04. The third kappa shape index (κ3) is 2.87. The largest absolute Gasteiger partial charge is 0.393 e. The summed E-state index contributed by atoms with van der Waals surface area (Å²) in [5.74, 6) is -0.0107.